The van der Waals surface area contributed by atoms with E-state index < -0.39 is 0 Å². The molecule has 1 saturated heterocycles. The molecule has 0 bridgehead atoms. The molecule has 0 spiro atoms. The molecule has 0 atom stereocenters. The molecular weight excluding hydrogens is 188 g/mol. The average molecular weight is 204 g/mol. The number of benzene rings is 1. The van der Waals surface area contributed by atoms with Crippen molar-refractivity contribution in [2.75, 3.05) is 13.1 Å². The Labute approximate surface area is 90.1 Å². The molecule has 0 unspecified atom stereocenters. The summed E-state index contributed by atoms with van der Waals surface area (Å²) in [5.41, 5.74) is 3.92. The van der Waals surface area contributed by atoms with Crippen LogP contribution in [0.3, 0.4) is 0 Å². The van der Waals surface area contributed by atoms with Gasteiger partial charge in [-0.25, -0.2) is 5.43 Å². The number of rotatable bonds is 1. The summed E-state index contributed by atoms with van der Waals surface area (Å²) in [7, 11) is 0. The maximum Gasteiger partial charge on any atom is 0.267 e. The number of amides is 1. The minimum absolute atomic E-state index is 0.0810. The summed E-state index contributed by atoms with van der Waals surface area (Å²) in [6.45, 7) is 1.71. The SMILES string of the molecule is O=C(c1ccccc1)N1CCCCCN1. The molecule has 0 aliphatic carbocycles. The second-order valence-electron chi connectivity index (χ2n) is 3.79. The van der Waals surface area contributed by atoms with Crippen LogP contribution in [0.1, 0.15) is 29.6 Å². The van der Waals surface area contributed by atoms with Gasteiger partial charge in [0.05, 0.1) is 0 Å². The van der Waals surface area contributed by atoms with Crippen LogP contribution in [0.25, 0.3) is 0 Å². The number of nitrogens with one attached hydrogen (secondary N) is 1. The number of hydrogen-bond acceptors (Lipinski definition) is 2. The smallest absolute Gasteiger partial charge is 0.267 e. The van der Waals surface area contributed by atoms with Crippen molar-refractivity contribution < 1.29 is 4.79 Å². The molecule has 1 heterocycles. The topological polar surface area (TPSA) is 32.3 Å². The average Bonchev–Trinajstić information content (AvgIpc) is 2.58. The van der Waals surface area contributed by atoms with Crippen molar-refractivity contribution in [2.24, 2.45) is 0 Å². The van der Waals surface area contributed by atoms with Gasteiger partial charge >= 0.3 is 0 Å². The Morgan fingerprint density at radius 1 is 1.13 bits per heavy atom. The van der Waals surface area contributed by atoms with E-state index in [2.05, 4.69) is 5.43 Å². The molecule has 1 aromatic carbocycles. The summed E-state index contributed by atoms with van der Waals surface area (Å²) in [4.78, 5) is 12.0. The Bertz CT molecular complexity index is 316. The predicted molar refractivity (Wildman–Crippen MR) is 59.3 cm³/mol. The lowest BCUT2D eigenvalue weighted by atomic mass is 10.2. The molecule has 2 rings (SSSR count). The zero-order valence-corrected chi connectivity index (χ0v) is 8.78. The summed E-state index contributed by atoms with van der Waals surface area (Å²) in [5.74, 6) is 0.0810. The first-order chi connectivity index (χ1) is 7.38. The Kier molecular flexibility index (Phi) is 3.35. The molecule has 1 fully saturated rings. The minimum atomic E-state index is 0.0810. The molecule has 1 aromatic rings. The molecule has 80 valence electrons. The highest BCUT2D eigenvalue weighted by Crippen LogP contribution is 2.07. The fourth-order valence-electron chi connectivity index (χ4n) is 1.77. The highest BCUT2D eigenvalue weighted by molar-refractivity contribution is 5.93. The molecule has 1 aliphatic rings. The van der Waals surface area contributed by atoms with E-state index in [0.717, 1.165) is 31.5 Å². The highest BCUT2D eigenvalue weighted by Gasteiger charge is 2.16. The van der Waals surface area contributed by atoms with Gasteiger partial charge in [-0.05, 0) is 25.0 Å². The van der Waals surface area contributed by atoms with E-state index in [4.69, 9.17) is 0 Å². The number of nitrogens with zero attached hydrogens (tertiary/aromatic N) is 1. The second kappa shape index (κ2) is 4.94. The van der Waals surface area contributed by atoms with Crippen LogP contribution in [-0.2, 0) is 0 Å². The molecule has 0 radical (unpaired) electrons. The number of hydrogen-bond donors (Lipinski definition) is 1. The third kappa shape index (κ3) is 2.57. The normalized spacial score (nSPS) is 17.2. The Balaban J connectivity index is 2.06. The van der Waals surface area contributed by atoms with Crippen LogP contribution in [0.15, 0.2) is 30.3 Å². The van der Waals surface area contributed by atoms with Crippen LogP contribution >= 0.6 is 0 Å². The minimum Gasteiger partial charge on any atom is -0.274 e. The van der Waals surface area contributed by atoms with E-state index in [1.165, 1.54) is 6.42 Å². The third-order valence-corrected chi connectivity index (χ3v) is 2.63. The molecule has 15 heavy (non-hydrogen) atoms. The van der Waals surface area contributed by atoms with Crippen LogP contribution < -0.4 is 5.43 Å². The van der Waals surface area contributed by atoms with Gasteiger partial charge in [0.2, 0.25) is 0 Å². The monoisotopic (exact) mass is 204 g/mol. The molecule has 0 aromatic heterocycles. The van der Waals surface area contributed by atoms with E-state index in [9.17, 15) is 4.79 Å². The van der Waals surface area contributed by atoms with E-state index in [-0.39, 0.29) is 5.91 Å². The van der Waals surface area contributed by atoms with Crippen LogP contribution in [-0.4, -0.2) is 24.0 Å². The van der Waals surface area contributed by atoms with E-state index >= 15 is 0 Å². The van der Waals surface area contributed by atoms with Crippen molar-refractivity contribution in [1.29, 1.82) is 0 Å². The van der Waals surface area contributed by atoms with Crippen molar-refractivity contribution in [2.45, 2.75) is 19.3 Å². The fourth-order valence-corrected chi connectivity index (χ4v) is 1.77. The van der Waals surface area contributed by atoms with Crippen LogP contribution in [0.4, 0.5) is 0 Å². The van der Waals surface area contributed by atoms with Crippen molar-refractivity contribution in [3.63, 3.8) is 0 Å². The number of carbonyl (C=O) groups excluding carboxylic acids is 1. The van der Waals surface area contributed by atoms with Crippen LogP contribution in [0, 0.1) is 0 Å². The molecule has 1 N–H and O–H groups in total. The first kappa shape index (κ1) is 10.2. The summed E-state index contributed by atoms with van der Waals surface area (Å²) in [5, 5.41) is 1.74. The van der Waals surface area contributed by atoms with Gasteiger partial charge in [0.15, 0.2) is 0 Å². The van der Waals surface area contributed by atoms with Crippen LogP contribution in [0.2, 0.25) is 0 Å². The maximum atomic E-state index is 12.0. The standard InChI is InChI=1S/C12H16N2O/c15-12(11-7-3-1-4-8-11)14-10-6-2-5-9-13-14/h1,3-4,7-8,13H,2,5-6,9-10H2. The summed E-state index contributed by atoms with van der Waals surface area (Å²) < 4.78 is 0. The van der Waals surface area contributed by atoms with Crippen LogP contribution in [0.5, 0.6) is 0 Å². The van der Waals surface area contributed by atoms with Gasteiger partial charge in [-0.3, -0.25) is 9.80 Å². The lowest BCUT2D eigenvalue weighted by Crippen LogP contribution is -2.42. The summed E-state index contributed by atoms with van der Waals surface area (Å²) in [6, 6.07) is 9.42. The van der Waals surface area contributed by atoms with Crippen molar-refractivity contribution in [1.82, 2.24) is 10.4 Å². The first-order valence-corrected chi connectivity index (χ1v) is 5.48. The van der Waals surface area contributed by atoms with Gasteiger partial charge in [-0.1, -0.05) is 24.6 Å². The Morgan fingerprint density at radius 3 is 2.73 bits per heavy atom. The Morgan fingerprint density at radius 2 is 1.93 bits per heavy atom. The van der Waals surface area contributed by atoms with E-state index in [1.807, 2.05) is 30.3 Å². The van der Waals surface area contributed by atoms with Gasteiger partial charge in [0.1, 0.15) is 0 Å². The Hall–Kier alpha value is -1.35. The predicted octanol–water partition coefficient (Wildman–Crippen LogP) is 1.82. The molecule has 1 amide bonds. The third-order valence-electron chi connectivity index (χ3n) is 2.63. The zero-order chi connectivity index (χ0) is 10.5. The number of hydrazine groups is 1. The quantitative estimate of drug-likeness (QED) is 0.756. The second-order valence-corrected chi connectivity index (χ2v) is 3.79. The van der Waals surface area contributed by atoms with Crippen molar-refractivity contribution in [3.05, 3.63) is 35.9 Å². The highest BCUT2D eigenvalue weighted by atomic mass is 16.2. The summed E-state index contributed by atoms with van der Waals surface area (Å²) in [6.07, 6.45) is 3.44. The van der Waals surface area contributed by atoms with E-state index in [1.54, 1.807) is 5.01 Å². The van der Waals surface area contributed by atoms with Gasteiger partial charge in [-0.15, -0.1) is 0 Å². The molecule has 1 aliphatic heterocycles. The molecule has 3 nitrogen and oxygen atoms in total. The maximum absolute atomic E-state index is 12.0. The van der Waals surface area contributed by atoms with Crippen molar-refractivity contribution in [3.8, 4) is 0 Å². The largest absolute Gasteiger partial charge is 0.274 e. The lowest BCUT2D eigenvalue weighted by molar-refractivity contribution is 0.0673. The molecule has 0 saturated carbocycles. The zero-order valence-electron chi connectivity index (χ0n) is 8.78. The van der Waals surface area contributed by atoms with E-state index in [0.29, 0.717) is 0 Å². The number of carbonyl (C=O) groups is 1. The summed E-state index contributed by atoms with van der Waals surface area (Å²) >= 11 is 0. The van der Waals surface area contributed by atoms with Gasteiger partial charge in [0.25, 0.3) is 5.91 Å². The van der Waals surface area contributed by atoms with Crippen molar-refractivity contribution >= 4 is 5.91 Å². The molecule has 3 heteroatoms. The first-order valence-electron chi connectivity index (χ1n) is 5.48. The van der Waals surface area contributed by atoms with Gasteiger partial charge in [-0.2, -0.15) is 0 Å². The fraction of sp³-hybridized carbons (Fsp3) is 0.417. The van der Waals surface area contributed by atoms with Gasteiger partial charge in [0, 0.05) is 18.7 Å². The molecular formula is C12H16N2O. The lowest BCUT2D eigenvalue weighted by Gasteiger charge is -2.20. The van der Waals surface area contributed by atoms with Gasteiger partial charge < -0.3 is 0 Å².